The molecule has 0 saturated heterocycles. The van der Waals surface area contributed by atoms with Gasteiger partial charge in [-0.05, 0) is 89.9 Å². The van der Waals surface area contributed by atoms with Crippen LogP contribution in [0.5, 0.6) is 0 Å². The van der Waals surface area contributed by atoms with Crippen LogP contribution in [-0.4, -0.2) is 36.4 Å². The summed E-state index contributed by atoms with van der Waals surface area (Å²) in [5.41, 5.74) is 0. The lowest BCUT2D eigenvalue weighted by Gasteiger charge is -2.15. The summed E-state index contributed by atoms with van der Waals surface area (Å²) in [5.74, 6) is -0.587. The highest BCUT2D eigenvalue weighted by Crippen LogP contribution is 2.16. The Morgan fingerprint density at radius 2 is 0.588 bits per heavy atom. The molecule has 0 aliphatic rings. The molecule has 0 aliphatic carbocycles. The van der Waals surface area contributed by atoms with E-state index in [0.29, 0.717) is 12.8 Å². The number of allylic oxidation sites excluding steroid dienone is 12. The first kappa shape index (κ1) is 65.3. The lowest BCUT2D eigenvalue weighted by Crippen LogP contribution is -2.28. The lowest BCUT2D eigenvalue weighted by atomic mass is 10.0. The quantitative estimate of drug-likeness (QED) is 0.0374. The number of unbranched alkanes of at least 4 members (excludes halogenated alkanes) is 34. The van der Waals surface area contributed by atoms with Crippen molar-refractivity contribution >= 4 is 11.9 Å². The van der Waals surface area contributed by atoms with Gasteiger partial charge in [-0.15, -0.1) is 0 Å². The van der Waals surface area contributed by atoms with E-state index in [2.05, 4.69) is 86.8 Å². The van der Waals surface area contributed by atoms with Gasteiger partial charge in [0.15, 0.2) is 6.10 Å². The summed E-state index contributed by atoms with van der Waals surface area (Å²) in [5, 5.41) is 9.66. The monoisotopic (exact) mass is 949 g/mol. The number of carbonyl (C=O) groups is 2. The van der Waals surface area contributed by atoms with E-state index < -0.39 is 6.10 Å². The fourth-order valence-electron chi connectivity index (χ4n) is 8.51. The molecule has 0 amide bonds. The Morgan fingerprint density at radius 1 is 0.338 bits per heavy atom. The SMILES string of the molecule is CCCCCCC/C=C\C/C=C\C/C=C\CCCCCCCCCCCCCCC(=O)OCC(CO)OC(=O)CCCCCCCCCCCCCC/C=C\C/C=C\C/C=C\CCCCCCC. The van der Waals surface area contributed by atoms with Gasteiger partial charge in [0.25, 0.3) is 0 Å². The third kappa shape index (κ3) is 55.9. The minimum absolute atomic E-state index is 0.0684. The summed E-state index contributed by atoms with van der Waals surface area (Å²) in [7, 11) is 0. The molecule has 0 radical (unpaired) electrons. The number of aliphatic hydroxyl groups is 1. The fourth-order valence-corrected chi connectivity index (χ4v) is 8.51. The van der Waals surface area contributed by atoms with Crippen LogP contribution in [0.4, 0.5) is 0 Å². The molecule has 68 heavy (non-hydrogen) atoms. The maximum absolute atomic E-state index is 12.3. The highest BCUT2D eigenvalue weighted by molar-refractivity contribution is 5.70. The highest BCUT2D eigenvalue weighted by Gasteiger charge is 2.16. The van der Waals surface area contributed by atoms with E-state index in [4.69, 9.17) is 9.47 Å². The topological polar surface area (TPSA) is 72.8 Å². The maximum atomic E-state index is 12.3. The van der Waals surface area contributed by atoms with Crippen molar-refractivity contribution in [2.45, 2.75) is 302 Å². The van der Waals surface area contributed by atoms with Gasteiger partial charge in [-0.1, -0.05) is 267 Å². The molecule has 1 unspecified atom stereocenters. The molecule has 0 bridgehead atoms. The van der Waals surface area contributed by atoms with Gasteiger partial charge in [0.1, 0.15) is 6.61 Å². The van der Waals surface area contributed by atoms with E-state index in [-0.39, 0.29) is 25.2 Å². The molecule has 0 aliphatic heterocycles. The molecule has 5 nitrogen and oxygen atoms in total. The Bertz CT molecular complexity index is 1210. The van der Waals surface area contributed by atoms with Crippen LogP contribution in [-0.2, 0) is 19.1 Å². The first-order valence-corrected chi connectivity index (χ1v) is 29.5. The number of hydrogen-bond acceptors (Lipinski definition) is 5. The molecule has 0 aromatic rings. The molecule has 394 valence electrons. The van der Waals surface area contributed by atoms with Gasteiger partial charge in [0, 0.05) is 12.8 Å². The molecule has 0 aromatic carbocycles. The van der Waals surface area contributed by atoms with E-state index in [0.717, 1.165) is 64.2 Å². The molecule has 0 spiro atoms. The molecular formula is C63H112O5. The minimum atomic E-state index is -0.778. The summed E-state index contributed by atoms with van der Waals surface area (Å²) in [6, 6.07) is 0. The predicted molar refractivity (Wildman–Crippen MR) is 297 cm³/mol. The number of carbonyl (C=O) groups excluding carboxylic acids is 2. The van der Waals surface area contributed by atoms with Crippen LogP contribution in [0.2, 0.25) is 0 Å². The van der Waals surface area contributed by atoms with Gasteiger partial charge < -0.3 is 14.6 Å². The van der Waals surface area contributed by atoms with E-state index in [1.54, 1.807) is 0 Å². The number of rotatable bonds is 54. The number of ether oxygens (including phenoxy) is 2. The third-order valence-electron chi connectivity index (χ3n) is 13.0. The van der Waals surface area contributed by atoms with Crippen molar-refractivity contribution in [1.29, 1.82) is 0 Å². The van der Waals surface area contributed by atoms with Gasteiger partial charge >= 0.3 is 11.9 Å². The Hall–Kier alpha value is -2.66. The summed E-state index contributed by atoms with van der Waals surface area (Å²) in [6.45, 7) is 4.14. The normalized spacial score (nSPS) is 12.7. The van der Waals surface area contributed by atoms with Gasteiger partial charge in [-0.3, -0.25) is 9.59 Å². The van der Waals surface area contributed by atoms with E-state index in [9.17, 15) is 14.7 Å². The average Bonchev–Trinajstić information content (AvgIpc) is 3.34. The van der Waals surface area contributed by atoms with Gasteiger partial charge in [-0.2, -0.15) is 0 Å². The van der Waals surface area contributed by atoms with Crippen molar-refractivity contribution in [2.75, 3.05) is 13.2 Å². The first-order chi connectivity index (χ1) is 33.6. The van der Waals surface area contributed by atoms with Gasteiger partial charge in [-0.25, -0.2) is 0 Å². The van der Waals surface area contributed by atoms with Gasteiger partial charge in [0.05, 0.1) is 6.61 Å². The lowest BCUT2D eigenvalue weighted by molar-refractivity contribution is -0.161. The fraction of sp³-hybridized carbons (Fsp3) is 0.778. The Balaban J connectivity index is 3.49. The molecule has 1 atom stereocenters. The number of hydrogen-bond donors (Lipinski definition) is 1. The summed E-state index contributed by atoms with van der Waals surface area (Å²) >= 11 is 0. The van der Waals surface area contributed by atoms with Crippen LogP contribution in [0.1, 0.15) is 296 Å². The zero-order chi connectivity index (χ0) is 49.2. The Labute approximate surface area is 423 Å². The second kappa shape index (κ2) is 58.7. The van der Waals surface area contributed by atoms with Crippen molar-refractivity contribution in [2.24, 2.45) is 0 Å². The van der Waals surface area contributed by atoms with E-state index in [1.807, 2.05) is 0 Å². The molecule has 0 fully saturated rings. The summed E-state index contributed by atoms with van der Waals surface area (Å²) < 4.78 is 10.7. The second-order valence-electron chi connectivity index (χ2n) is 19.7. The van der Waals surface area contributed by atoms with Crippen LogP contribution < -0.4 is 0 Å². The summed E-state index contributed by atoms with van der Waals surface area (Å²) in [4.78, 5) is 24.6. The van der Waals surface area contributed by atoms with Crippen molar-refractivity contribution < 1.29 is 24.2 Å². The van der Waals surface area contributed by atoms with Crippen LogP contribution in [0.15, 0.2) is 72.9 Å². The Kier molecular flexibility index (Phi) is 56.4. The average molecular weight is 950 g/mol. The van der Waals surface area contributed by atoms with Crippen LogP contribution >= 0.6 is 0 Å². The molecule has 0 heterocycles. The largest absolute Gasteiger partial charge is 0.462 e. The van der Waals surface area contributed by atoms with Crippen LogP contribution in [0, 0.1) is 0 Å². The predicted octanol–water partition coefficient (Wildman–Crippen LogP) is 20.0. The molecule has 1 N–H and O–H groups in total. The highest BCUT2D eigenvalue weighted by atomic mass is 16.6. The van der Waals surface area contributed by atoms with E-state index >= 15 is 0 Å². The number of aliphatic hydroxyl groups excluding tert-OH is 1. The third-order valence-corrected chi connectivity index (χ3v) is 13.0. The molecule has 5 heteroatoms. The standard InChI is InChI=1S/C63H112O5/c1-3-5-7-9-11-13-15-17-19-21-23-25-27-29-31-33-35-37-39-41-43-45-47-49-51-53-55-57-62(65)67-60-61(59-64)68-63(66)58-56-54-52-50-48-46-44-42-40-38-36-34-32-30-28-26-24-22-20-18-16-14-12-10-8-6-4-2/h15-18,21-24,27-30,61,64H,3-14,19-20,25-26,31-60H2,1-2H3/b17-15-,18-16-,23-21-,24-22-,29-27-,30-28-. The molecule has 0 saturated carbocycles. The zero-order valence-corrected chi connectivity index (χ0v) is 45.1. The summed E-state index contributed by atoms with van der Waals surface area (Å²) in [6.07, 6.45) is 80.2. The Morgan fingerprint density at radius 3 is 0.882 bits per heavy atom. The molecule has 0 aromatic heterocycles. The first-order valence-electron chi connectivity index (χ1n) is 29.5. The van der Waals surface area contributed by atoms with Crippen molar-refractivity contribution in [3.63, 3.8) is 0 Å². The maximum Gasteiger partial charge on any atom is 0.306 e. The second-order valence-corrected chi connectivity index (χ2v) is 19.7. The van der Waals surface area contributed by atoms with Crippen molar-refractivity contribution in [3.05, 3.63) is 72.9 Å². The van der Waals surface area contributed by atoms with E-state index in [1.165, 1.54) is 205 Å². The number of esters is 2. The van der Waals surface area contributed by atoms with Crippen molar-refractivity contribution in [1.82, 2.24) is 0 Å². The molecular weight excluding hydrogens is 837 g/mol. The van der Waals surface area contributed by atoms with Gasteiger partial charge in [0.2, 0.25) is 0 Å². The van der Waals surface area contributed by atoms with Crippen molar-refractivity contribution in [3.8, 4) is 0 Å². The van der Waals surface area contributed by atoms with Crippen LogP contribution in [0.3, 0.4) is 0 Å². The zero-order valence-electron chi connectivity index (χ0n) is 45.1. The molecule has 0 rings (SSSR count). The minimum Gasteiger partial charge on any atom is -0.462 e. The smallest absolute Gasteiger partial charge is 0.306 e. The van der Waals surface area contributed by atoms with Crippen LogP contribution in [0.25, 0.3) is 0 Å².